The van der Waals surface area contributed by atoms with Crippen molar-refractivity contribution in [3.63, 3.8) is 0 Å². The van der Waals surface area contributed by atoms with Gasteiger partial charge < -0.3 is 15.0 Å². The van der Waals surface area contributed by atoms with Gasteiger partial charge >= 0.3 is 0 Å². The van der Waals surface area contributed by atoms with Crippen LogP contribution in [0, 0.1) is 6.92 Å². The molecular weight excluding hydrogens is 422 g/mol. The summed E-state index contributed by atoms with van der Waals surface area (Å²) in [5, 5.41) is 3.51. The molecule has 2 aliphatic rings. The Bertz CT molecular complexity index is 1080. The minimum atomic E-state index is -3.04. The maximum atomic E-state index is 12.8. The van der Waals surface area contributed by atoms with Crippen LogP contribution in [0.25, 0.3) is 0 Å². The molecule has 1 N–H and O–H groups in total. The number of hydrogen-bond acceptors (Lipinski definition) is 7. The van der Waals surface area contributed by atoms with Crippen molar-refractivity contribution in [3.8, 4) is 5.75 Å². The third kappa shape index (κ3) is 4.62. The highest BCUT2D eigenvalue weighted by Gasteiger charge is 2.44. The molecule has 0 saturated carbocycles. The minimum Gasteiger partial charge on any atom is -0.497 e. The number of aliphatic imine (C=N–C) groups is 1. The Kier molecular flexibility index (Phi) is 5.75. The molecule has 1 fully saturated rings. The number of carbonyl (C=O) groups excluding carboxylic acids is 1. The van der Waals surface area contributed by atoms with Crippen LogP contribution in [0.3, 0.4) is 0 Å². The average Bonchev–Trinajstić information content (AvgIpc) is 3.19. The zero-order chi connectivity index (χ0) is 21.3. The van der Waals surface area contributed by atoms with Crippen molar-refractivity contribution in [2.45, 2.75) is 18.2 Å². The lowest BCUT2D eigenvalue weighted by Crippen LogP contribution is -2.36. The smallest absolute Gasteiger partial charge is 0.244 e. The van der Waals surface area contributed by atoms with E-state index in [1.807, 2.05) is 60.4 Å². The largest absolute Gasteiger partial charge is 0.497 e. The van der Waals surface area contributed by atoms with Crippen molar-refractivity contribution < 1.29 is 17.9 Å². The fourth-order valence-electron chi connectivity index (χ4n) is 3.57. The van der Waals surface area contributed by atoms with Gasteiger partial charge in [-0.2, -0.15) is 0 Å². The highest BCUT2D eigenvalue weighted by molar-refractivity contribution is 8.15. The van der Waals surface area contributed by atoms with E-state index in [2.05, 4.69) is 10.3 Å². The molecular formula is C21H23N3O4S2. The molecule has 158 valence electrons. The van der Waals surface area contributed by atoms with Gasteiger partial charge in [0.1, 0.15) is 12.3 Å². The summed E-state index contributed by atoms with van der Waals surface area (Å²) in [7, 11) is -1.44. The number of methoxy groups -OCH3 is 1. The molecule has 9 heteroatoms. The Morgan fingerprint density at radius 3 is 2.67 bits per heavy atom. The van der Waals surface area contributed by atoms with Crippen LogP contribution in [-0.4, -0.2) is 55.9 Å². The van der Waals surface area contributed by atoms with Crippen molar-refractivity contribution >= 4 is 44.0 Å². The number of sulfone groups is 1. The average molecular weight is 446 g/mol. The summed E-state index contributed by atoms with van der Waals surface area (Å²) in [5.74, 6) is 0.734. The van der Waals surface area contributed by atoms with E-state index in [1.54, 1.807) is 7.11 Å². The first kappa shape index (κ1) is 20.7. The number of thioether (sulfide) groups is 1. The Hall–Kier alpha value is -2.52. The van der Waals surface area contributed by atoms with Crippen molar-refractivity contribution in [3.05, 3.63) is 54.1 Å². The maximum Gasteiger partial charge on any atom is 0.244 e. The lowest BCUT2D eigenvalue weighted by atomic mass is 10.2. The molecule has 0 unspecified atom stereocenters. The molecule has 0 bridgehead atoms. The number of rotatable bonds is 5. The number of amidine groups is 1. The number of benzene rings is 2. The summed E-state index contributed by atoms with van der Waals surface area (Å²) >= 11 is 1.43. The third-order valence-electron chi connectivity index (χ3n) is 5.02. The highest BCUT2D eigenvalue weighted by Crippen LogP contribution is 2.37. The Morgan fingerprint density at radius 2 is 2.00 bits per heavy atom. The number of nitrogens with zero attached hydrogens (tertiary/aromatic N) is 2. The predicted octanol–water partition coefficient (Wildman–Crippen LogP) is 2.72. The van der Waals surface area contributed by atoms with Gasteiger partial charge in [0, 0.05) is 16.6 Å². The van der Waals surface area contributed by atoms with Crippen LogP contribution in [0.4, 0.5) is 11.4 Å². The molecule has 2 aromatic rings. The first-order chi connectivity index (χ1) is 14.3. The maximum absolute atomic E-state index is 12.8. The van der Waals surface area contributed by atoms with Crippen molar-refractivity contribution in [1.29, 1.82) is 0 Å². The fourth-order valence-corrected chi connectivity index (χ4v) is 7.35. The summed E-state index contributed by atoms with van der Waals surface area (Å²) < 4.78 is 29.0. The Morgan fingerprint density at radius 1 is 1.23 bits per heavy atom. The van der Waals surface area contributed by atoms with E-state index in [0.29, 0.717) is 10.9 Å². The predicted molar refractivity (Wildman–Crippen MR) is 121 cm³/mol. The summed E-state index contributed by atoms with van der Waals surface area (Å²) in [5.41, 5.74) is 2.59. The van der Waals surface area contributed by atoms with Gasteiger partial charge in [-0.3, -0.25) is 9.79 Å². The zero-order valence-corrected chi connectivity index (χ0v) is 18.4. The van der Waals surface area contributed by atoms with Gasteiger partial charge in [0.2, 0.25) is 5.91 Å². The number of amides is 1. The van der Waals surface area contributed by atoms with Crippen LogP contribution < -0.4 is 15.0 Å². The van der Waals surface area contributed by atoms with Crippen molar-refractivity contribution in [1.82, 2.24) is 0 Å². The number of nitrogens with one attached hydrogen (secondary N) is 1. The molecule has 2 aliphatic heterocycles. The summed E-state index contributed by atoms with van der Waals surface area (Å²) in [6.07, 6.45) is 0. The second kappa shape index (κ2) is 8.31. The molecule has 2 aromatic carbocycles. The first-order valence-corrected chi connectivity index (χ1v) is 12.3. The fraction of sp³-hybridized carbons (Fsp3) is 0.333. The van der Waals surface area contributed by atoms with Crippen molar-refractivity contribution in [2.24, 2.45) is 4.99 Å². The molecule has 0 aliphatic carbocycles. The van der Waals surface area contributed by atoms with E-state index in [0.717, 1.165) is 16.9 Å². The molecule has 2 atom stereocenters. The van der Waals surface area contributed by atoms with Crippen LogP contribution in [-0.2, 0) is 14.6 Å². The second-order valence-corrected chi connectivity index (χ2v) is 10.8. The zero-order valence-electron chi connectivity index (χ0n) is 16.7. The number of aryl methyl sites for hydroxylation is 1. The SMILES string of the molecule is COc1ccc(N(CC(=O)Nc2cccc(C)c2)C2=N[C@@H]3CS(=O)(=O)C[C@@H]3S2)cc1. The number of ether oxygens (including phenoxy) is 1. The van der Waals surface area contributed by atoms with Gasteiger partial charge in [0.05, 0.1) is 24.7 Å². The molecule has 1 saturated heterocycles. The number of carbonyl (C=O) groups is 1. The van der Waals surface area contributed by atoms with E-state index in [4.69, 9.17) is 4.74 Å². The molecule has 0 spiro atoms. The summed E-state index contributed by atoms with van der Waals surface area (Å²) in [4.78, 5) is 19.3. The molecule has 1 amide bonds. The highest BCUT2D eigenvalue weighted by atomic mass is 32.2. The Labute approximate surface area is 180 Å². The molecule has 30 heavy (non-hydrogen) atoms. The van der Waals surface area contributed by atoms with Crippen molar-refractivity contribution in [2.75, 3.05) is 35.4 Å². The lowest BCUT2D eigenvalue weighted by molar-refractivity contribution is -0.114. The van der Waals surface area contributed by atoms with Gasteiger partial charge in [-0.15, -0.1) is 0 Å². The topological polar surface area (TPSA) is 88.1 Å². The monoisotopic (exact) mass is 445 g/mol. The van der Waals surface area contributed by atoms with E-state index in [-0.39, 0.29) is 35.2 Å². The molecule has 4 rings (SSSR count). The molecule has 0 radical (unpaired) electrons. The van der Waals surface area contributed by atoms with Crippen LogP contribution in [0.5, 0.6) is 5.75 Å². The summed E-state index contributed by atoms with van der Waals surface area (Å²) in [6, 6.07) is 14.8. The molecule has 2 heterocycles. The van der Waals surface area contributed by atoms with Crippen LogP contribution >= 0.6 is 11.8 Å². The Balaban J connectivity index is 1.57. The van der Waals surface area contributed by atoms with Crippen LogP contribution in [0.15, 0.2) is 53.5 Å². The van der Waals surface area contributed by atoms with Gasteiger partial charge in [-0.05, 0) is 48.9 Å². The van der Waals surface area contributed by atoms with E-state index in [1.165, 1.54) is 11.8 Å². The van der Waals surface area contributed by atoms with Crippen LogP contribution in [0.2, 0.25) is 0 Å². The van der Waals surface area contributed by atoms with Gasteiger partial charge in [0.25, 0.3) is 0 Å². The number of hydrogen-bond donors (Lipinski definition) is 1. The van der Waals surface area contributed by atoms with Crippen LogP contribution in [0.1, 0.15) is 5.56 Å². The van der Waals surface area contributed by atoms with E-state index in [9.17, 15) is 13.2 Å². The number of anilines is 2. The molecule has 0 aromatic heterocycles. The van der Waals surface area contributed by atoms with Gasteiger partial charge in [-0.1, -0.05) is 23.9 Å². The van der Waals surface area contributed by atoms with E-state index >= 15 is 0 Å². The van der Waals surface area contributed by atoms with Gasteiger partial charge in [0.15, 0.2) is 15.0 Å². The quantitative estimate of drug-likeness (QED) is 0.761. The lowest BCUT2D eigenvalue weighted by Gasteiger charge is -2.24. The van der Waals surface area contributed by atoms with E-state index < -0.39 is 9.84 Å². The third-order valence-corrected chi connectivity index (χ3v) is 8.27. The first-order valence-electron chi connectivity index (χ1n) is 9.56. The second-order valence-electron chi connectivity index (χ2n) is 7.41. The standard InChI is InChI=1S/C21H23N3O4S2/c1-14-4-3-5-15(10-14)22-20(25)11-24(16-6-8-17(28-2)9-7-16)21-23-18-12-30(26,27)13-19(18)29-21/h3-10,18-19H,11-13H2,1-2H3,(H,22,25)/t18-,19+/m1/s1. The normalized spacial score (nSPS) is 21.6. The molecule has 7 nitrogen and oxygen atoms in total. The number of fused-ring (bicyclic) bond motifs is 1. The summed E-state index contributed by atoms with van der Waals surface area (Å²) in [6.45, 7) is 2.04. The van der Waals surface area contributed by atoms with Gasteiger partial charge in [-0.25, -0.2) is 8.42 Å². The minimum absolute atomic E-state index is 0.0678.